The van der Waals surface area contributed by atoms with Crippen LogP contribution in [0, 0.1) is 0 Å². The van der Waals surface area contributed by atoms with Gasteiger partial charge in [-0.15, -0.1) is 0 Å². The van der Waals surface area contributed by atoms with Gasteiger partial charge in [0.15, 0.2) is 0 Å². The number of phenols is 1. The number of benzene rings is 1. The Hall–Kier alpha value is -1.59. The fraction of sp³-hybridized carbons (Fsp3) is 0.462. The Morgan fingerprint density at radius 3 is 2.00 bits per heavy atom. The van der Waals surface area contributed by atoms with Gasteiger partial charge in [0.2, 0.25) is 0 Å². The summed E-state index contributed by atoms with van der Waals surface area (Å²) in [6.07, 6.45) is 0. The Labute approximate surface area is 106 Å². The van der Waals surface area contributed by atoms with Gasteiger partial charge in [-0.25, -0.2) is 0 Å². The number of carbonyl (C=O) groups is 1. The number of carbonyl (C=O) groups excluding carboxylic acids is 1. The minimum atomic E-state index is -1.02. The smallest absolute Gasteiger partial charge is 0.321 e. The van der Waals surface area contributed by atoms with Gasteiger partial charge in [0.05, 0.1) is 20.3 Å². The second-order valence-electron chi connectivity index (χ2n) is 3.99. The molecule has 0 aliphatic carbocycles. The van der Waals surface area contributed by atoms with Crippen LogP contribution in [0.15, 0.2) is 24.3 Å². The van der Waals surface area contributed by atoms with E-state index in [1.165, 1.54) is 33.5 Å². The van der Waals surface area contributed by atoms with Gasteiger partial charge in [-0.3, -0.25) is 4.79 Å². The summed E-state index contributed by atoms with van der Waals surface area (Å²) in [5, 5.41) is 9.30. The van der Waals surface area contributed by atoms with Crippen molar-refractivity contribution in [3.05, 3.63) is 29.8 Å². The second-order valence-corrected chi connectivity index (χ2v) is 3.99. The minimum absolute atomic E-state index is 0.132. The lowest BCUT2D eigenvalue weighted by Crippen LogP contribution is -2.45. The molecule has 0 fully saturated rings. The van der Waals surface area contributed by atoms with Crippen molar-refractivity contribution in [1.29, 1.82) is 0 Å². The van der Waals surface area contributed by atoms with Crippen LogP contribution in [0.1, 0.15) is 5.56 Å². The third-order valence-electron chi connectivity index (χ3n) is 2.78. The monoisotopic (exact) mass is 254 g/mol. The van der Waals surface area contributed by atoms with E-state index in [-0.39, 0.29) is 19.0 Å². The normalized spacial score (nSPS) is 11.3. The standard InChI is InChI=1S/C13H18O5/c1-16-8-13(9-17-2,12(15)18-3)10-4-6-11(14)7-5-10/h4-7,14H,8-9H2,1-3H3. The van der Waals surface area contributed by atoms with Crippen molar-refractivity contribution in [3.63, 3.8) is 0 Å². The van der Waals surface area contributed by atoms with Crippen LogP contribution < -0.4 is 0 Å². The van der Waals surface area contributed by atoms with E-state index in [1.807, 2.05) is 0 Å². The highest BCUT2D eigenvalue weighted by Crippen LogP contribution is 2.28. The quantitative estimate of drug-likeness (QED) is 0.770. The lowest BCUT2D eigenvalue weighted by molar-refractivity contribution is -0.152. The zero-order valence-electron chi connectivity index (χ0n) is 10.8. The maximum atomic E-state index is 12.1. The summed E-state index contributed by atoms with van der Waals surface area (Å²) in [4.78, 5) is 12.1. The van der Waals surface area contributed by atoms with Crippen LogP contribution in [0.3, 0.4) is 0 Å². The molecule has 5 nitrogen and oxygen atoms in total. The fourth-order valence-electron chi connectivity index (χ4n) is 1.91. The zero-order valence-corrected chi connectivity index (χ0v) is 10.8. The second kappa shape index (κ2) is 6.37. The van der Waals surface area contributed by atoms with Gasteiger partial charge in [0, 0.05) is 14.2 Å². The van der Waals surface area contributed by atoms with Crippen molar-refractivity contribution in [1.82, 2.24) is 0 Å². The highest BCUT2D eigenvalue weighted by atomic mass is 16.5. The largest absolute Gasteiger partial charge is 0.508 e. The van der Waals surface area contributed by atoms with Gasteiger partial charge in [0.25, 0.3) is 0 Å². The third-order valence-corrected chi connectivity index (χ3v) is 2.78. The third kappa shape index (κ3) is 2.80. The molecule has 0 aliphatic heterocycles. The Morgan fingerprint density at radius 2 is 1.61 bits per heavy atom. The molecule has 0 heterocycles. The SMILES string of the molecule is COCC(COC)(C(=O)OC)c1ccc(O)cc1. The predicted molar refractivity (Wildman–Crippen MR) is 65.6 cm³/mol. The number of hydrogen-bond donors (Lipinski definition) is 1. The summed E-state index contributed by atoms with van der Waals surface area (Å²) >= 11 is 0. The van der Waals surface area contributed by atoms with E-state index in [0.717, 1.165) is 0 Å². The lowest BCUT2D eigenvalue weighted by Gasteiger charge is -2.29. The maximum Gasteiger partial charge on any atom is 0.321 e. The molecule has 0 bridgehead atoms. The van der Waals surface area contributed by atoms with E-state index in [9.17, 15) is 9.90 Å². The molecule has 1 aromatic carbocycles. The van der Waals surface area contributed by atoms with E-state index in [2.05, 4.69) is 0 Å². The van der Waals surface area contributed by atoms with E-state index >= 15 is 0 Å². The molecule has 100 valence electrons. The van der Waals surface area contributed by atoms with E-state index in [1.54, 1.807) is 12.1 Å². The van der Waals surface area contributed by atoms with Crippen molar-refractivity contribution >= 4 is 5.97 Å². The average molecular weight is 254 g/mol. The number of phenolic OH excluding ortho intramolecular Hbond substituents is 1. The molecular formula is C13H18O5. The number of rotatable bonds is 6. The van der Waals surface area contributed by atoms with Crippen molar-refractivity contribution < 1.29 is 24.1 Å². The molecule has 0 spiro atoms. The first-order valence-corrected chi connectivity index (χ1v) is 5.46. The first kappa shape index (κ1) is 14.5. The molecule has 0 aromatic heterocycles. The Bertz CT molecular complexity index is 379. The molecule has 0 saturated heterocycles. The Morgan fingerprint density at radius 1 is 1.11 bits per heavy atom. The molecule has 0 aliphatic rings. The van der Waals surface area contributed by atoms with Gasteiger partial charge >= 0.3 is 5.97 Å². The highest BCUT2D eigenvalue weighted by Gasteiger charge is 2.42. The summed E-state index contributed by atoms with van der Waals surface area (Å²) in [5.74, 6) is -0.302. The first-order valence-electron chi connectivity index (χ1n) is 5.46. The van der Waals surface area contributed by atoms with Crippen LogP contribution in [-0.4, -0.2) is 45.6 Å². The molecule has 0 radical (unpaired) electrons. The fourth-order valence-corrected chi connectivity index (χ4v) is 1.91. The van der Waals surface area contributed by atoms with E-state index < -0.39 is 11.4 Å². The summed E-state index contributed by atoms with van der Waals surface area (Å²) in [7, 11) is 4.34. The summed E-state index contributed by atoms with van der Waals surface area (Å²) < 4.78 is 15.1. The van der Waals surface area contributed by atoms with Crippen LogP contribution in [0.2, 0.25) is 0 Å². The molecule has 0 atom stereocenters. The van der Waals surface area contributed by atoms with Crippen molar-refractivity contribution in [3.8, 4) is 5.75 Å². The van der Waals surface area contributed by atoms with Crippen LogP contribution in [0.5, 0.6) is 5.75 Å². The molecular weight excluding hydrogens is 236 g/mol. The molecule has 1 aromatic rings. The van der Waals surface area contributed by atoms with Crippen LogP contribution in [0.25, 0.3) is 0 Å². The van der Waals surface area contributed by atoms with Gasteiger partial charge in [-0.05, 0) is 17.7 Å². The molecule has 5 heteroatoms. The molecule has 0 unspecified atom stereocenters. The maximum absolute atomic E-state index is 12.1. The van der Waals surface area contributed by atoms with E-state index in [0.29, 0.717) is 5.56 Å². The first-order chi connectivity index (χ1) is 8.60. The van der Waals surface area contributed by atoms with Gasteiger partial charge in [-0.2, -0.15) is 0 Å². The molecule has 1 N–H and O–H groups in total. The average Bonchev–Trinajstić information content (AvgIpc) is 2.38. The summed E-state index contributed by atoms with van der Waals surface area (Å²) in [5.41, 5.74) is -0.345. The Balaban J connectivity index is 3.23. The van der Waals surface area contributed by atoms with Crippen LogP contribution >= 0.6 is 0 Å². The molecule has 1 rings (SSSR count). The lowest BCUT2D eigenvalue weighted by atomic mass is 9.82. The van der Waals surface area contributed by atoms with Gasteiger partial charge in [-0.1, -0.05) is 12.1 Å². The molecule has 0 saturated carbocycles. The number of ether oxygens (including phenoxy) is 3. The number of methoxy groups -OCH3 is 3. The van der Waals surface area contributed by atoms with Crippen molar-refractivity contribution in [2.24, 2.45) is 0 Å². The Kier molecular flexibility index (Phi) is 5.12. The summed E-state index contributed by atoms with van der Waals surface area (Å²) in [6.45, 7) is 0.274. The molecule has 18 heavy (non-hydrogen) atoms. The summed E-state index contributed by atoms with van der Waals surface area (Å²) in [6, 6.07) is 6.34. The minimum Gasteiger partial charge on any atom is -0.508 e. The van der Waals surface area contributed by atoms with Crippen LogP contribution in [0.4, 0.5) is 0 Å². The zero-order chi connectivity index (χ0) is 13.6. The van der Waals surface area contributed by atoms with Gasteiger partial charge in [0.1, 0.15) is 11.2 Å². The predicted octanol–water partition coefficient (Wildman–Crippen LogP) is 1.10. The van der Waals surface area contributed by atoms with Crippen molar-refractivity contribution in [2.45, 2.75) is 5.41 Å². The molecule has 0 amide bonds. The van der Waals surface area contributed by atoms with Crippen LogP contribution in [-0.2, 0) is 24.4 Å². The van der Waals surface area contributed by atoms with E-state index in [4.69, 9.17) is 14.2 Å². The number of esters is 1. The van der Waals surface area contributed by atoms with Gasteiger partial charge < -0.3 is 19.3 Å². The van der Waals surface area contributed by atoms with Crippen molar-refractivity contribution in [2.75, 3.05) is 34.5 Å². The topological polar surface area (TPSA) is 65.0 Å². The number of hydrogen-bond acceptors (Lipinski definition) is 5. The highest BCUT2D eigenvalue weighted by molar-refractivity contribution is 5.83. The number of aromatic hydroxyl groups is 1.